The van der Waals surface area contributed by atoms with Gasteiger partial charge < -0.3 is 10.1 Å². The van der Waals surface area contributed by atoms with Crippen LogP contribution in [-0.2, 0) is 20.6 Å². The molecular formula is C22H27FN2O4S. The van der Waals surface area contributed by atoms with Gasteiger partial charge in [0.05, 0.1) is 18.9 Å². The Balaban J connectivity index is 1.57. The van der Waals surface area contributed by atoms with Crippen molar-refractivity contribution in [3.05, 3.63) is 65.5 Å². The van der Waals surface area contributed by atoms with E-state index in [0.717, 1.165) is 5.56 Å². The monoisotopic (exact) mass is 434 g/mol. The van der Waals surface area contributed by atoms with Crippen molar-refractivity contribution in [1.82, 2.24) is 9.62 Å². The lowest BCUT2D eigenvalue weighted by molar-refractivity contribution is -0.126. The first-order valence-corrected chi connectivity index (χ1v) is 11.6. The fraction of sp³-hybridized carbons (Fsp3) is 0.409. The van der Waals surface area contributed by atoms with Gasteiger partial charge in [-0.05, 0) is 31.9 Å². The van der Waals surface area contributed by atoms with Crippen LogP contribution in [0.15, 0.2) is 48.5 Å². The smallest absolute Gasteiger partial charge is 0.223 e. The first kappa shape index (κ1) is 22.2. The van der Waals surface area contributed by atoms with Crippen LogP contribution in [0.5, 0.6) is 5.75 Å². The van der Waals surface area contributed by atoms with Crippen LogP contribution < -0.4 is 10.1 Å². The van der Waals surface area contributed by atoms with E-state index in [1.165, 1.54) is 22.5 Å². The van der Waals surface area contributed by atoms with Gasteiger partial charge in [-0.25, -0.2) is 17.1 Å². The summed E-state index contributed by atoms with van der Waals surface area (Å²) in [5, 5.41) is 3.00. The van der Waals surface area contributed by atoms with Crippen LogP contribution in [-0.4, -0.2) is 38.8 Å². The summed E-state index contributed by atoms with van der Waals surface area (Å²) in [5.41, 5.74) is 1.04. The molecular weight excluding hydrogens is 407 g/mol. The second-order valence-corrected chi connectivity index (χ2v) is 9.46. The number of carbonyl (C=O) groups is 1. The van der Waals surface area contributed by atoms with Gasteiger partial charge in [-0.1, -0.05) is 36.4 Å². The first-order chi connectivity index (χ1) is 14.3. The molecule has 2 aromatic rings. The molecule has 30 heavy (non-hydrogen) atoms. The Morgan fingerprint density at radius 3 is 2.47 bits per heavy atom. The van der Waals surface area contributed by atoms with Crippen molar-refractivity contribution in [3.8, 4) is 5.75 Å². The summed E-state index contributed by atoms with van der Waals surface area (Å²) in [6.45, 7) is 2.39. The van der Waals surface area contributed by atoms with E-state index >= 15 is 0 Å². The lowest BCUT2D eigenvalue weighted by Crippen LogP contribution is -2.43. The zero-order chi connectivity index (χ0) is 21.7. The molecule has 1 fully saturated rings. The molecule has 162 valence electrons. The lowest BCUT2D eigenvalue weighted by atomic mass is 9.96. The van der Waals surface area contributed by atoms with Gasteiger partial charge >= 0.3 is 0 Å². The standard InChI is InChI=1S/C22H27FN2O4S/c1-16(19-8-4-6-10-21(19)29-2)24-22(26)17-11-13-25(14-12-17)30(27,28)15-18-7-3-5-9-20(18)23/h3-10,16-17H,11-15H2,1-2H3,(H,24,26)/t16-/m1/s1. The quantitative estimate of drug-likeness (QED) is 0.726. The molecule has 8 heteroatoms. The normalized spacial score (nSPS) is 16.8. The number of methoxy groups -OCH3 is 1. The van der Waals surface area contributed by atoms with Crippen LogP contribution in [0, 0.1) is 11.7 Å². The number of rotatable bonds is 7. The Kier molecular flexibility index (Phi) is 7.10. The number of ether oxygens (including phenoxy) is 1. The predicted molar refractivity (Wildman–Crippen MR) is 113 cm³/mol. The Morgan fingerprint density at radius 1 is 1.17 bits per heavy atom. The molecule has 0 bridgehead atoms. The minimum absolute atomic E-state index is 0.0976. The Bertz CT molecular complexity index is 988. The molecule has 0 unspecified atom stereocenters. The molecule has 0 aromatic heterocycles. The fourth-order valence-corrected chi connectivity index (χ4v) is 5.31. The topological polar surface area (TPSA) is 75.7 Å². The number of halogens is 1. The maximum Gasteiger partial charge on any atom is 0.223 e. The fourth-order valence-electron chi connectivity index (χ4n) is 3.73. The number of nitrogens with zero attached hydrogens (tertiary/aromatic N) is 1. The van der Waals surface area contributed by atoms with Crippen LogP contribution in [0.2, 0.25) is 0 Å². The van der Waals surface area contributed by atoms with Crippen LogP contribution >= 0.6 is 0 Å². The van der Waals surface area contributed by atoms with Crippen molar-refractivity contribution in [2.45, 2.75) is 31.6 Å². The maximum atomic E-state index is 13.8. The SMILES string of the molecule is COc1ccccc1[C@@H](C)NC(=O)C1CCN(S(=O)(=O)Cc2ccccc2F)CC1. The maximum absolute atomic E-state index is 13.8. The second-order valence-electron chi connectivity index (χ2n) is 7.49. The van der Waals surface area contributed by atoms with Crippen LogP contribution in [0.4, 0.5) is 4.39 Å². The summed E-state index contributed by atoms with van der Waals surface area (Å²) in [7, 11) is -2.05. The van der Waals surface area contributed by atoms with Crippen molar-refractivity contribution < 1.29 is 22.3 Å². The Labute approximate surface area is 177 Å². The molecule has 1 atom stereocenters. The van der Waals surface area contributed by atoms with Crippen molar-refractivity contribution >= 4 is 15.9 Å². The number of para-hydroxylation sites is 1. The predicted octanol–water partition coefficient (Wildman–Crippen LogP) is 3.25. The third-order valence-electron chi connectivity index (χ3n) is 5.48. The molecule has 1 aliphatic heterocycles. The van der Waals surface area contributed by atoms with Gasteiger partial charge in [0.1, 0.15) is 11.6 Å². The van der Waals surface area contributed by atoms with E-state index in [-0.39, 0.29) is 42.3 Å². The van der Waals surface area contributed by atoms with Gasteiger partial charge in [0, 0.05) is 30.1 Å². The van der Waals surface area contributed by atoms with E-state index in [0.29, 0.717) is 18.6 Å². The zero-order valence-electron chi connectivity index (χ0n) is 17.2. The third kappa shape index (κ3) is 5.17. The van der Waals surface area contributed by atoms with Crippen LogP contribution in [0.25, 0.3) is 0 Å². The summed E-state index contributed by atoms with van der Waals surface area (Å²) in [6.07, 6.45) is 0.863. The number of nitrogens with one attached hydrogen (secondary N) is 1. The molecule has 6 nitrogen and oxygen atoms in total. The van der Waals surface area contributed by atoms with E-state index in [1.54, 1.807) is 13.2 Å². The molecule has 1 heterocycles. The molecule has 0 radical (unpaired) electrons. The summed E-state index contributed by atoms with van der Waals surface area (Å²) < 4.78 is 45.9. The molecule has 3 rings (SSSR count). The summed E-state index contributed by atoms with van der Waals surface area (Å²) >= 11 is 0. The molecule has 1 N–H and O–H groups in total. The Hall–Kier alpha value is -2.45. The summed E-state index contributed by atoms with van der Waals surface area (Å²) in [6, 6.07) is 13.2. The highest BCUT2D eigenvalue weighted by atomic mass is 32.2. The summed E-state index contributed by atoms with van der Waals surface area (Å²) in [5.74, 6) is -0.553. The van der Waals surface area contributed by atoms with Crippen LogP contribution in [0.1, 0.15) is 36.9 Å². The number of carbonyl (C=O) groups excluding carboxylic acids is 1. The molecule has 0 saturated carbocycles. The highest BCUT2D eigenvalue weighted by Crippen LogP contribution is 2.27. The lowest BCUT2D eigenvalue weighted by Gasteiger charge is -2.31. The number of hydrogen-bond donors (Lipinski definition) is 1. The molecule has 1 aliphatic rings. The minimum Gasteiger partial charge on any atom is -0.496 e. The molecule has 0 aliphatic carbocycles. The second kappa shape index (κ2) is 9.57. The van der Waals surface area contributed by atoms with Gasteiger partial charge in [-0.2, -0.15) is 0 Å². The van der Waals surface area contributed by atoms with Crippen molar-refractivity contribution in [3.63, 3.8) is 0 Å². The first-order valence-electron chi connectivity index (χ1n) is 9.96. The third-order valence-corrected chi connectivity index (χ3v) is 7.31. The minimum atomic E-state index is -3.64. The van der Waals surface area contributed by atoms with Gasteiger partial charge in [0.25, 0.3) is 0 Å². The van der Waals surface area contributed by atoms with E-state index in [9.17, 15) is 17.6 Å². The van der Waals surface area contributed by atoms with E-state index in [4.69, 9.17) is 4.74 Å². The molecule has 2 aromatic carbocycles. The van der Waals surface area contributed by atoms with Crippen LogP contribution in [0.3, 0.4) is 0 Å². The van der Waals surface area contributed by atoms with Crippen molar-refractivity contribution in [2.24, 2.45) is 5.92 Å². The molecule has 1 saturated heterocycles. The average molecular weight is 435 g/mol. The Morgan fingerprint density at radius 2 is 1.80 bits per heavy atom. The number of amides is 1. The van der Waals surface area contributed by atoms with E-state index < -0.39 is 15.8 Å². The number of sulfonamides is 1. The molecule has 0 spiro atoms. The number of hydrogen-bond acceptors (Lipinski definition) is 4. The highest BCUT2D eigenvalue weighted by Gasteiger charge is 2.32. The molecule has 1 amide bonds. The van der Waals surface area contributed by atoms with E-state index in [1.807, 2.05) is 31.2 Å². The largest absolute Gasteiger partial charge is 0.496 e. The average Bonchev–Trinajstić information content (AvgIpc) is 2.75. The van der Waals surface area contributed by atoms with Gasteiger partial charge in [0.2, 0.25) is 15.9 Å². The van der Waals surface area contributed by atoms with Gasteiger partial charge in [0.15, 0.2) is 0 Å². The van der Waals surface area contributed by atoms with Gasteiger partial charge in [-0.3, -0.25) is 4.79 Å². The highest BCUT2D eigenvalue weighted by molar-refractivity contribution is 7.88. The summed E-state index contributed by atoms with van der Waals surface area (Å²) in [4.78, 5) is 12.7. The van der Waals surface area contributed by atoms with Gasteiger partial charge in [-0.15, -0.1) is 0 Å². The van der Waals surface area contributed by atoms with E-state index in [2.05, 4.69) is 5.32 Å². The zero-order valence-corrected chi connectivity index (χ0v) is 18.0. The van der Waals surface area contributed by atoms with Crippen molar-refractivity contribution in [1.29, 1.82) is 0 Å². The number of benzene rings is 2. The van der Waals surface area contributed by atoms with Crippen molar-refractivity contribution in [2.75, 3.05) is 20.2 Å². The number of piperidine rings is 1.